The van der Waals surface area contributed by atoms with Crippen LogP contribution in [0.2, 0.25) is 0 Å². The van der Waals surface area contributed by atoms with Gasteiger partial charge in [0.2, 0.25) is 0 Å². The fourth-order valence-electron chi connectivity index (χ4n) is 1.52. The van der Waals surface area contributed by atoms with Gasteiger partial charge < -0.3 is 10.1 Å². The Morgan fingerprint density at radius 1 is 1.40 bits per heavy atom. The van der Waals surface area contributed by atoms with E-state index >= 15 is 0 Å². The van der Waals surface area contributed by atoms with Crippen LogP contribution < -0.4 is 5.56 Å². The third-order valence-electron chi connectivity index (χ3n) is 2.32. The number of pyridine rings is 1. The average molecular weight is 226 g/mol. The van der Waals surface area contributed by atoms with Crippen molar-refractivity contribution in [2.75, 3.05) is 0 Å². The third-order valence-corrected chi connectivity index (χ3v) is 2.32. The number of benzene rings is 1. The van der Waals surface area contributed by atoms with Crippen molar-refractivity contribution in [2.45, 2.75) is 13.3 Å². The normalized spacial score (nSPS) is 9.93. The van der Waals surface area contributed by atoms with Crippen LogP contribution in [0.1, 0.15) is 12.5 Å². The summed E-state index contributed by atoms with van der Waals surface area (Å²) in [5, 5.41) is 10.4. The zero-order valence-corrected chi connectivity index (χ0v) is 9.10. The minimum Gasteiger partial charge on any atom is -0.506 e. The lowest BCUT2D eigenvalue weighted by Crippen LogP contribution is -2.11. The molecule has 4 heteroatoms. The number of aryl methyl sites for hydroxylation is 1. The number of hydrogen-bond donors (Lipinski definition) is 2. The summed E-state index contributed by atoms with van der Waals surface area (Å²) in [7, 11) is 0. The minimum atomic E-state index is -0.124. The van der Waals surface area contributed by atoms with Gasteiger partial charge in [0, 0.05) is 10.9 Å². The number of aromatic hydroxyl groups is 1. The predicted molar refractivity (Wildman–Crippen MR) is 62.9 cm³/mol. The summed E-state index contributed by atoms with van der Waals surface area (Å²) in [6, 6.07) is 7.00. The molecule has 0 unspecified atom stereocenters. The van der Waals surface area contributed by atoms with Gasteiger partial charge in [-0.2, -0.15) is 0 Å². The highest BCUT2D eigenvalue weighted by atomic mass is 35.5. The van der Waals surface area contributed by atoms with Gasteiger partial charge in [-0.15, -0.1) is 12.4 Å². The van der Waals surface area contributed by atoms with Crippen LogP contribution in [0.15, 0.2) is 29.1 Å². The molecule has 0 spiro atoms. The van der Waals surface area contributed by atoms with E-state index in [1.807, 2.05) is 19.1 Å². The smallest absolute Gasteiger partial charge is 0.251 e. The molecule has 3 nitrogen and oxygen atoms in total. The maximum Gasteiger partial charge on any atom is 0.251 e. The molecule has 2 rings (SSSR count). The zero-order chi connectivity index (χ0) is 10.1. The van der Waals surface area contributed by atoms with Gasteiger partial charge in [0.25, 0.3) is 5.56 Å². The number of aromatic nitrogens is 1. The average Bonchev–Trinajstić information content (AvgIpc) is 2.19. The number of phenolic OH excluding ortho intramolecular Hbond substituents is 1. The second-order valence-corrected chi connectivity index (χ2v) is 3.22. The molecule has 2 aromatic rings. The van der Waals surface area contributed by atoms with Gasteiger partial charge in [-0.3, -0.25) is 4.79 Å². The monoisotopic (exact) mass is 225 g/mol. The van der Waals surface area contributed by atoms with Crippen molar-refractivity contribution >= 4 is 23.3 Å². The highest BCUT2D eigenvalue weighted by Gasteiger charge is 2.03. The fourth-order valence-corrected chi connectivity index (χ4v) is 1.52. The lowest BCUT2D eigenvalue weighted by molar-refractivity contribution is 0.480. The second-order valence-electron chi connectivity index (χ2n) is 3.22. The fraction of sp³-hybridized carbons (Fsp3) is 0.182. The van der Waals surface area contributed by atoms with Crippen molar-refractivity contribution in [3.63, 3.8) is 0 Å². The van der Waals surface area contributed by atoms with Gasteiger partial charge in [-0.05, 0) is 18.6 Å². The molecule has 15 heavy (non-hydrogen) atoms. The number of para-hydroxylation sites is 1. The van der Waals surface area contributed by atoms with E-state index in [1.54, 1.807) is 12.1 Å². The first-order valence-electron chi connectivity index (χ1n) is 4.56. The number of aromatic amines is 1. The molecule has 1 heterocycles. The number of halogens is 1. The Balaban J connectivity index is 0.00000112. The molecule has 1 aromatic carbocycles. The maximum atomic E-state index is 11.4. The summed E-state index contributed by atoms with van der Waals surface area (Å²) in [5.74, 6) is 0.113. The van der Waals surface area contributed by atoms with Gasteiger partial charge >= 0.3 is 0 Å². The van der Waals surface area contributed by atoms with Crippen molar-refractivity contribution in [3.05, 3.63) is 40.2 Å². The Morgan fingerprint density at radius 2 is 2.13 bits per heavy atom. The first-order chi connectivity index (χ1) is 6.72. The summed E-state index contributed by atoms with van der Waals surface area (Å²) in [5.41, 5.74) is 1.12. The summed E-state index contributed by atoms with van der Waals surface area (Å²) < 4.78 is 0. The topological polar surface area (TPSA) is 53.1 Å². The van der Waals surface area contributed by atoms with Crippen LogP contribution in [-0.4, -0.2) is 10.1 Å². The lowest BCUT2D eigenvalue weighted by Gasteiger charge is -2.02. The number of nitrogens with one attached hydrogen (secondary N) is 1. The molecule has 0 amide bonds. The standard InChI is InChI=1S/C11H11NO2.ClH/c1-2-7-6-8-4-3-5-9(13)10(8)12-11(7)14;/h3-6,13H,2H2,1H3,(H,12,14);1H. The number of fused-ring (bicyclic) bond motifs is 1. The molecule has 1 aromatic heterocycles. The molecule has 2 N–H and O–H groups in total. The van der Waals surface area contributed by atoms with Gasteiger partial charge in [-0.25, -0.2) is 0 Å². The van der Waals surface area contributed by atoms with E-state index in [4.69, 9.17) is 0 Å². The van der Waals surface area contributed by atoms with Crippen LogP contribution >= 0.6 is 12.4 Å². The van der Waals surface area contributed by atoms with Crippen LogP contribution in [0, 0.1) is 0 Å². The van der Waals surface area contributed by atoms with Gasteiger partial charge in [0.1, 0.15) is 5.75 Å². The predicted octanol–water partition coefficient (Wildman–Crippen LogP) is 2.22. The molecule has 80 valence electrons. The Morgan fingerprint density at radius 3 is 2.80 bits per heavy atom. The molecule has 0 bridgehead atoms. The first kappa shape index (κ1) is 11.6. The van der Waals surface area contributed by atoms with E-state index in [2.05, 4.69) is 4.98 Å². The second kappa shape index (κ2) is 4.36. The van der Waals surface area contributed by atoms with E-state index in [0.717, 1.165) is 10.9 Å². The Kier molecular flexibility index (Phi) is 3.37. The molecule has 0 aliphatic carbocycles. The molecule has 0 saturated heterocycles. The van der Waals surface area contributed by atoms with Crippen molar-refractivity contribution in [2.24, 2.45) is 0 Å². The van der Waals surface area contributed by atoms with E-state index in [-0.39, 0.29) is 23.7 Å². The Bertz CT molecular complexity index is 534. The van der Waals surface area contributed by atoms with E-state index in [9.17, 15) is 9.90 Å². The molecule has 0 aliphatic rings. The van der Waals surface area contributed by atoms with Crippen molar-refractivity contribution in [1.82, 2.24) is 4.98 Å². The maximum absolute atomic E-state index is 11.4. The highest BCUT2D eigenvalue weighted by molar-refractivity contribution is 5.85. The minimum absolute atomic E-state index is 0. The van der Waals surface area contributed by atoms with Gasteiger partial charge in [0.05, 0.1) is 5.52 Å². The van der Waals surface area contributed by atoms with Crippen LogP contribution in [0.3, 0.4) is 0 Å². The molecule has 0 aliphatic heterocycles. The summed E-state index contributed by atoms with van der Waals surface area (Å²) in [4.78, 5) is 14.1. The van der Waals surface area contributed by atoms with E-state index in [1.165, 1.54) is 0 Å². The summed E-state index contributed by atoms with van der Waals surface area (Å²) in [6.45, 7) is 1.93. The van der Waals surface area contributed by atoms with Gasteiger partial charge in [-0.1, -0.05) is 19.1 Å². The number of rotatable bonds is 1. The number of phenols is 1. The van der Waals surface area contributed by atoms with Crippen LogP contribution in [0.5, 0.6) is 5.75 Å². The third kappa shape index (κ3) is 1.97. The number of H-pyrrole nitrogens is 1. The molecule has 0 radical (unpaired) electrons. The highest BCUT2D eigenvalue weighted by Crippen LogP contribution is 2.20. The lowest BCUT2D eigenvalue weighted by atomic mass is 10.1. The van der Waals surface area contributed by atoms with Crippen molar-refractivity contribution < 1.29 is 5.11 Å². The molecule has 0 fully saturated rings. The molecule has 0 saturated carbocycles. The number of hydrogen-bond acceptors (Lipinski definition) is 2. The van der Waals surface area contributed by atoms with Crippen LogP contribution in [0.4, 0.5) is 0 Å². The summed E-state index contributed by atoms with van der Waals surface area (Å²) >= 11 is 0. The first-order valence-corrected chi connectivity index (χ1v) is 4.56. The molecule has 0 atom stereocenters. The van der Waals surface area contributed by atoms with Crippen molar-refractivity contribution in [3.8, 4) is 5.75 Å². The Labute approximate surface area is 93.2 Å². The van der Waals surface area contributed by atoms with Crippen LogP contribution in [-0.2, 0) is 6.42 Å². The molecular weight excluding hydrogens is 214 g/mol. The quantitative estimate of drug-likeness (QED) is 0.782. The van der Waals surface area contributed by atoms with E-state index in [0.29, 0.717) is 11.9 Å². The van der Waals surface area contributed by atoms with E-state index < -0.39 is 0 Å². The SMILES string of the molecule is CCc1cc2cccc(O)c2[nH]c1=O.Cl. The van der Waals surface area contributed by atoms with Crippen LogP contribution in [0.25, 0.3) is 10.9 Å². The summed E-state index contributed by atoms with van der Waals surface area (Å²) in [6.07, 6.45) is 0.695. The van der Waals surface area contributed by atoms with Crippen molar-refractivity contribution in [1.29, 1.82) is 0 Å². The zero-order valence-electron chi connectivity index (χ0n) is 8.28. The van der Waals surface area contributed by atoms with Gasteiger partial charge in [0.15, 0.2) is 0 Å². The Hall–Kier alpha value is -1.48. The largest absolute Gasteiger partial charge is 0.506 e. The molecular formula is C11H12ClNO2.